The second kappa shape index (κ2) is 2.65. The number of ether oxygens (including phenoxy) is 1. The van der Waals surface area contributed by atoms with Gasteiger partial charge >= 0.3 is 0 Å². The van der Waals surface area contributed by atoms with E-state index in [0.717, 1.165) is 0 Å². The van der Waals surface area contributed by atoms with Gasteiger partial charge in [0.1, 0.15) is 17.8 Å². The molecule has 2 saturated heterocycles. The Morgan fingerprint density at radius 3 is 3.00 bits per heavy atom. The molecule has 0 aromatic carbocycles. The quantitative estimate of drug-likeness (QED) is 0.448. The molecule has 4 atom stereocenters. The van der Waals surface area contributed by atoms with Gasteiger partial charge in [0.15, 0.2) is 0 Å². The minimum absolute atomic E-state index is 0.179. The van der Waals surface area contributed by atoms with Crippen LogP contribution in [0.2, 0.25) is 0 Å². The molecule has 5 nitrogen and oxygen atoms in total. The van der Waals surface area contributed by atoms with Crippen LogP contribution < -0.4 is 5.48 Å². The molecule has 2 fully saturated rings. The highest BCUT2D eigenvalue weighted by Gasteiger charge is 2.56. The van der Waals surface area contributed by atoms with E-state index in [-0.39, 0.29) is 18.8 Å². The summed E-state index contributed by atoms with van der Waals surface area (Å²) in [6.45, 7) is 1.95. The lowest BCUT2D eigenvalue weighted by molar-refractivity contribution is -0.159. The van der Waals surface area contributed by atoms with Crippen LogP contribution in [0.4, 0.5) is 0 Å². The van der Waals surface area contributed by atoms with Gasteiger partial charge < -0.3 is 14.9 Å². The van der Waals surface area contributed by atoms with Crippen LogP contribution in [0.5, 0.6) is 0 Å². The summed E-state index contributed by atoms with van der Waals surface area (Å²) in [6.07, 6.45) is -1.29. The van der Waals surface area contributed by atoms with Crippen molar-refractivity contribution in [3.63, 3.8) is 0 Å². The van der Waals surface area contributed by atoms with Gasteiger partial charge in [-0.05, 0) is 6.92 Å². The monoisotopic (exact) mass is 175 g/mol. The van der Waals surface area contributed by atoms with Gasteiger partial charge in [0.05, 0.1) is 19.3 Å². The normalized spacial score (nSPS) is 52.8. The molecule has 2 heterocycles. The van der Waals surface area contributed by atoms with Gasteiger partial charge in [-0.3, -0.25) is 4.84 Å². The predicted molar refractivity (Wildman–Crippen MR) is 39.2 cm³/mol. The SMILES string of the molecule is CC1OC2(CO)CNOC1C2O. The molecule has 0 amide bonds. The Kier molecular flexibility index (Phi) is 1.85. The van der Waals surface area contributed by atoms with Crippen molar-refractivity contribution < 1.29 is 19.8 Å². The Balaban J connectivity index is 2.24. The Bertz CT molecular complexity index is 188. The van der Waals surface area contributed by atoms with Crippen LogP contribution in [0.1, 0.15) is 6.92 Å². The second-order valence-electron chi connectivity index (χ2n) is 3.39. The first-order valence-corrected chi connectivity index (χ1v) is 4.05. The van der Waals surface area contributed by atoms with Crippen LogP contribution in [0.25, 0.3) is 0 Å². The van der Waals surface area contributed by atoms with Crippen molar-refractivity contribution in [1.82, 2.24) is 5.48 Å². The van der Waals surface area contributed by atoms with E-state index in [1.54, 1.807) is 0 Å². The maximum Gasteiger partial charge on any atom is 0.135 e. The first-order valence-electron chi connectivity index (χ1n) is 4.05. The topological polar surface area (TPSA) is 71.0 Å². The molecule has 0 aromatic heterocycles. The fourth-order valence-corrected chi connectivity index (χ4v) is 1.82. The zero-order valence-electron chi connectivity index (χ0n) is 6.86. The van der Waals surface area contributed by atoms with Gasteiger partial charge in [0, 0.05) is 0 Å². The molecule has 70 valence electrons. The van der Waals surface area contributed by atoms with E-state index >= 15 is 0 Å². The maximum absolute atomic E-state index is 9.68. The summed E-state index contributed by atoms with van der Waals surface area (Å²) in [5.41, 5.74) is 1.80. The Labute approximate surface area is 70.2 Å². The Morgan fingerprint density at radius 2 is 2.42 bits per heavy atom. The first kappa shape index (κ1) is 8.40. The average Bonchev–Trinajstić information content (AvgIpc) is 2.23. The Morgan fingerprint density at radius 1 is 1.67 bits per heavy atom. The lowest BCUT2D eigenvalue weighted by atomic mass is 9.94. The number of hydroxylamine groups is 1. The van der Waals surface area contributed by atoms with E-state index < -0.39 is 11.7 Å². The summed E-state index contributed by atoms with van der Waals surface area (Å²) < 4.78 is 5.45. The van der Waals surface area contributed by atoms with Crippen LogP contribution in [-0.2, 0) is 9.57 Å². The molecule has 5 heteroatoms. The van der Waals surface area contributed by atoms with Crippen molar-refractivity contribution in [2.45, 2.75) is 30.8 Å². The van der Waals surface area contributed by atoms with E-state index in [0.29, 0.717) is 6.54 Å². The first-order chi connectivity index (χ1) is 5.69. The zero-order valence-corrected chi connectivity index (χ0v) is 6.86. The maximum atomic E-state index is 9.68. The third-order valence-electron chi connectivity index (χ3n) is 2.59. The molecule has 2 aliphatic heterocycles. The molecular weight excluding hydrogens is 162 g/mol. The van der Waals surface area contributed by atoms with Gasteiger partial charge in [-0.25, -0.2) is 0 Å². The molecule has 2 aliphatic rings. The van der Waals surface area contributed by atoms with Crippen molar-refractivity contribution in [3.8, 4) is 0 Å². The number of rotatable bonds is 1. The van der Waals surface area contributed by atoms with Crippen molar-refractivity contribution >= 4 is 0 Å². The molecule has 2 bridgehead atoms. The summed E-state index contributed by atoms with van der Waals surface area (Å²) >= 11 is 0. The minimum atomic E-state index is -0.859. The van der Waals surface area contributed by atoms with E-state index in [1.165, 1.54) is 0 Å². The summed E-state index contributed by atoms with van der Waals surface area (Å²) in [6, 6.07) is 0. The third kappa shape index (κ3) is 0.915. The molecular formula is C7H13NO4. The van der Waals surface area contributed by atoms with Gasteiger partial charge in [0.2, 0.25) is 0 Å². The summed E-state index contributed by atoms with van der Waals surface area (Å²) in [4.78, 5) is 5.08. The van der Waals surface area contributed by atoms with E-state index in [2.05, 4.69) is 5.48 Å². The zero-order chi connectivity index (χ0) is 8.77. The van der Waals surface area contributed by atoms with Crippen LogP contribution in [0, 0.1) is 0 Å². The fourth-order valence-electron chi connectivity index (χ4n) is 1.82. The van der Waals surface area contributed by atoms with E-state index in [1.807, 2.05) is 6.92 Å². The van der Waals surface area contributed by atoms with Crippen molar-refractivity contribution in [1.29, 1.82) is 0 Å². The van der Waals surface area contributed by atoms with Crippen LogP contribution in [-0.4, -0.2) is 47.3 Å². The fraction of sp³-hybridized carbons (Fsp3) is 1.00. The number of hydrogen-bond acceptors (Lipinski definition) is 5. The highest BCUT2D eigenvalue weighted by molar-refractivity contribution is 5.04. The molecule has 0 aliphatic carbocycles. The predicted octanol–water partition coefficient (Wildman–Crippen LogP) is -1.60. The molecule has 0 spiro atoms. The summed E-state index contributed by atoms with van der Waals surface area (Å²) in [5.74, 6) is 0. The minimum Gasteiger partial charge on any atom is -0.393 e. The highest BCUT2D eigenvalue weighted by atomic mass is 16.7. The Hall–Kier alpha value is -0.200. The summed E-state index contributed by atoms with van der Waals surface area (Å²) in [7, 11) is 0. The highest BCUT2D eigenvalue weighted by Crippen LogP contribution is 2.34. The lowest BCUT2D eigenvalue weighted by Gasteiger charge is -2.34. The van der Waals surface area contributed by atoms with Crippen LogP contribution in [0.15, 0.2) is 0 Å². The number of nitrogens with one attached hydrogen (secondary N) is 1. The number of aliphatic hydroxyl groups is 2. The lowest BCUT2D eigenvalue weighted by Crippen LogP contribution is -2.58. The molecule has 12 heavy (non-hydrogen) atoms. The van der Waals surface area contributed by atoms with Gasteiger partial charge in [-0.2, -0.15) is 5.48 Å². The molecule has 2 rings (SSSR count). The molecule has 0 radical (unpaired) electrons. The van der Waals surface area contributed by atoms with Crippen LogP contribution >= 0.6 is 0 Å². The van der Waals surface area contributed by atoms with Gasteiger partial charge in [-0.1, -0.05) is 0 Å². The van der Waals surface area contributed by atoms with Gasteiger partial charge in [-0.15, -0.1) is 0 Å². The average molecular weight is 175 g/mol. The molecule has 4 unspecified atom stereocenters. The molecule has 0 saturated carbocycles. The number of fused-ring (bicyclic) bond motifs is 2. The van der Waals surface area contributed by atoms with Crippen molar-refractivity contribution in [3.05, 3.63) is 0 Å². The number of hydrogen-bond donors (Lipinski definition) is 3. The molecule has 3 N–H and O–H groups in total. The standard InChI is InChI=1S/C7H13NO4/c1-4-5-6(10)7(3-9,11-4)2-8-12-5/h4-6,8-10H,2-3H2,1H3. The summed E-state index contributed by atoms with van der Waals surface area (Å²) in [5, 5.41) is 18.8. The molecule has 0 aromatic rings. The van der Waals surface area contributed by atoms with E-state index in [9.17, 15) is 5.11 Å². The van der Waals surface area contributed by atoms with E-state index in [4.69, 9.17) is 14.7 Å². The number of aliphatic hydroxyl groups excluding tert-OH is 2. The largest absolute Gasteiger partial charge is 0.393 e. The van der Waals surface area contributed by atoms with Crippen LogP contribution in [0.3, 0.4) is 0 Å². The second-order valence-corrected chi connectivity index (χ2v) is 3.39. The van der Waals surface area contributed by atoms with Crippen molar-refractivity contribution in [2.24, 2.45) is 0 Å². The smallest absolute Gasteiger partial charge is 0.135 e. The van der Waals surface area contributed by atoms with Crippen molar-refractivity contribution in [2.75, 3.05) is 13.2 Å². The third-order valence-corrected chi connectivity index (χ3v) is 2.59. The van der Waals surface area contributed by atoms with Gasteiger partial charge in [0.25, 0.3) is 0 Å².